The molecule has 0 aliphatic heterocycles. The Labute approximate surface area is 98.9 Å². The van der Waals surface area contributed by atoms with E-state index in [1.807, 2.05) is 0 Å². The summed E-state index contributed by atoms with van der Waals surface area (Å²) < 4.78 is 22.2. The van der Waals surface area contributed by atoms with Gasteiger partial charge in [0.1, 0.15) is 0 Å². The summed E-state index contributed by atoms with van der Waals surface area (Å²) in [5.74, 6) is 0.826. The maximum Gasteiger partial charge on any atom is 0.354 e. The molecule has 2 rings (SSSR count). The van der Waals surface area contributed by atoms with Crippen LogP contribution in [0.2, 0.25) is 0 Å². The van der Waals surface area contributed by atoms with Crippen molar-refractivity contribution < 1.29 is 28.7 Å². The van der Waals surface area contributed by atoms with Crippen LogP contribution in [0.3, 0.4) is 0 Å². The van der Waals surface area contributed by atoms with Crippen LogP contribution in [-0.2, 0) is 9.13 Å². The molecule has 0 spiro atoms. The highest BCUT2D eigenvalue weighted by Gasteiger charge is 2.48. The first-order chi connectivity index (χ1) is 7.68. The van der Waals surface area contributed by atoms with Gasteiger partial charge in [-0.1, -0.05) is 6.42 Å². The molecule has 2 saturated carbocycles. The standard InChI is InChI=1S/C8H17NO6P2/c10-16(11,12)8(17(13,14)15)9-7-4-5-1-2-6(7)3-5/h5-9H,1-4H2,(H2,10,11,12)(H2,13,14,15). The Morgan fingerprint density at radius 3 is 1.94 bits per heavy atom. The summed E-state index contributed by atoms with van der Waals surface area (Å²) in [4.78, 5) is 36.0. The average molecular weight is 285 g/mol. The van der Waals surface area contributed by atoms with Gasteiger partial charge in [-0.15, -0.1) is 0 Å². The Bertz CT molecular complexity index is 367. The molecule has 2 aliphatic carbocycles. The van der Waals surface area contributed by atoms with Gasteiger partial charge in [0.2, 0.25) is 5.52 Å². The van der Waals surface area contributed by atoms with Gasteiger partial charge in [-0.05, 0) is 31.1 Å². The van der Waals surface area contributed by atoms with E-state index in [4.69, 9.17) is 19.6 Å². The Hall–Kier alpha value is 0.260. The van der Waals surface area contributed by atoms with Gasteiger partial charge in [0, 0.05) is 6.04 Å². The van der Waals surface area contributed by atoms with Crippen LogP contribution in [0.25, 0.3) is 0 Å². The lowest BCUT2D eigenvalue weighted by Crippen LogP contribution is -2.41. The van der Waals surface area contributed by atoms with Gasteiger partial charge in [-0.3, -0.25) is 14.4 Å². The lowest BCUT2D eigenvalue weighted by atomic mass is 9.96. The van der Waals surface area contributed by atoms with Crippen molar-refractivity contribution in [2.45, 2.75) is 37.2 Å². The fourth-order valence-electron chi connectivity index (χ4n) is 3.03. The maximum absolute atomic E-state index is 11.1. The summed E-state index contributed by atoms with van der Waals surface area (Å²) in [5, 5.41) is 2.50. The van der Waals surface area contributed by atoms with Crippen LogP contribution in [0.4, 0.5) is 0 Å². The van der Waals surface area contributed by atoms with E-state index in [0.29, 0.717) is 11.8 Å². The Kier molecular flexibility index (Phi) is 3.56. The average Bonchev–Trinajstić information content (AvgIpc) is 2.70. The minimum absolute atomic E-state index is 0.181. The highest BCUT2D eigenvalue weighted by atomic mass is 31.2. The van der Waals surface area contributed by atoms with Crippen molar-refractivity contribution in [3.05, 3.63) is 0 Å². The van der Waals surface area contributed by atoms with Crippen LogP contribution < -0.4 is 5.32 Å². The Morgan fingerprint density at radius 2 is 1.59 bits per heavy atom. The molecule has 0 aromatic heterocycles. The van der Waals surface area contributed by atoms with Crippen LogP contribution in [0.1, 0.15) is 25.7 Å². The molecule has 5 N–H and O–H groups in total. The molecule has 0 aromatic rings. The summed E-state index contributed by atoms with van der Waals surface area (Å²) in [5.41, 5.74) is -2.06. The number of hydrogen-bond acceptors (Lipinski definition) is 3. The summed E-state index contributed by atoms with van der Waals surface area (Å²) in [7, 11) is -9.69. The van der Waals surface area contributed by atoms with Gasteiger partial charge in [-0.25, -0.2) is 0 Å². The fraction of sp³-hybridized carbons (Fsp3) is 1.00. The second-order valence-electron chi connectivity index (χ2n) is 5.00. The van der Waals surface area contributed by atoms with Crippen molar-refractivity contribution in [1.29, 1.82) is 0 Å². The van der Waals surface area contributed by atoms with Crippen LogP contribution in [0, 0.1) is 11.8 Å². The minimum atomic E-state index is -4.85. The molecule has 2 bridgehead atoms. The number of hydrogen-bond donors (Lipinski definition) is 5. The molecule has 3 atom stereocenters. The second kappa shape index (κ2) is 4.42. The molecule has 7 nitrogen and oxygen atoms in total. The summed E-state index contributed by atoms with van der Waals surface area (Å²) in [6.45, 7) is 0. The first-order valence-electron chi connectivity index (χ1n) is 5.54. The molecule has 0 saturated heterocycles. The zero-order chi connectivity index (χ0) is 12.8. The quantitative estimate of drug-likeness (QED) is 0.473. The molecule has 2 fully saturated rings. The second-order valence-corrected chi connectivity index (χ2v) is 8.80. The topological polar surface area (TPSA) is 127 Å². The van der Waals surface area contributed by atoms with Crippen LogP contribution in [-0.4, -0.2) is 31.1 Å². The van der Waals surface area contributed by atoms with Crippen molar-refractivity contribution in [2.24, 2.45) is 11.8 Å². The molecular formula is C8H17NO6P2. The lowest BCUT2D eigenvalue weighted by molar-refractivity contribution is 0.296. The van der Waals surface area contributed by atoms with E-state index in [9.17, 15) is 9.13 Å². The molecule has 3 unspecified atom stereocenters. The summed E-state index contributed by atoms with van der Waals surface area (Å²) >= 11 is 0. The lowest BCUT2D eigenvalue weighted by Gasteiger charge is -2.29. The first-order valence-corrected chi connectivity index (χ1v) is 8.90. The Morgan fingerprint density at radius 1 is 1.00 bits per heavy atom. The largest absolute Gasteiger partial charge is 0.354 e. The monoisotopic (exact) mass is 285 g/mol. The molecule has 0 amide bonds. The van der Waals surface area contributed by atoms with Crippen LogP contribution in [0.5, 0.6) is 0 Å². The van der Waals surface area contributed by atoms with Gasteiger partial charge in [0.15, 0.2) is 0 Å². The maximum atomic E-state index is 11.1. The van der Waals surface area contributed by atoms with Crippen LogP contribution >= 0.6 is 15.2 Å². The van der Waals surface area contributed by atoms with Crippen molar-refractivity contribution in [3.8, 4) is 0 Å². The number of rotatable bonds is 4. The minimum Gasteiger partial charge on any atom is -0.323 e. The molecule has 100 valence electrons. The van der Waals surface area contributed by atoms with Crippen molar-refractivity contribution in [3.63, 3.8) is 0 Å². The zero-order valence-corrected chi connectivity index (χ0v) is 10.9. The molecule has 0 radical (unpaired) electrons. The first kappa shape index (κ1) is 13.7. The zero-order valence-electron chi connectivity index (χ0n) is 9.14. The smallest absolute Gasteiger partial charge is 0.323 e. The van der Waals surface area contributed by atoms with Gasteiger partial charge in [0.25, 0.3) is 0 Å². The van der Waals surface area contributed by atoms with Gasteiger partial charge >= 0.3 is 15.2 Å². The molecule has 0 aromatic carbocycles. The highest BCUT2D eigenvalue weighted by molar-refractivity contribution is 7.70. The van der Waals surface area contributed by atoms with Crippen molar-refractivity contribution in [2.75, 3.05) is 0 Å². The third-order valence-corrected chi connectivity index (χ3v) is 7.12. The Balaban J connectivity index is 2.09. The molecule has 0 heterocycles. The van der Waals surface area contributed by atoms with E-state index in [1.54, 1.807) is 0 Å². The molecular weight excluding hydrogens is 268 g/mol. The van der Waals surface area contributed by atoms with Gasteiger partial charge < -0.3 is 19.6 Å². The van der Waals surface area contributed by atoms with E-state index in [0.717, 1.165) is 25.7 Å². The third kappa shape index (κ3) is 2.99. The van der Waals surface area contributed by atoms with E-state index in [2.05, 4.69) is 5.32 Å². The van der Waals surface area contributed by atoms with Gasteiger partial charge in [-0.2, -0.15) is 0 Å². The van der Waals surface area contributed by atoms with Crippen LogP contribution in [0.15, 0.2) is 0 Å². The molecule has 9 heteroatoms. The van der Waals surface area contributed by atoms with Gasteiger partial charge in [0.05, 0.1) is 0 Å². The number of nitrogens with one attached hydrogen (secondary N) is 1. The highest BCUT2D eigenvalue weighted by Crippen LogP contribution is 2.59. The summed E-state index contributed by atoms with van der Waals surface area (Å²) in [6, 6.07) is -0.181. The predicted molar refractivity (Wildman–Crippen MR) is 60.2 cm³/mol. The van der Waals surface area contributed by atoms with E-state index < -0.39 is 20.7 Å². The van der Waals surface area contributed by atoms with E-state index in [-0.39, 0.29) is 6.04 Å². The van der Waals surface area contributed by atoms with E-state index >= 15 is 0 Å². The molecule has 17 heavy (non-hydrogen) atoms. The van der Waals surface area contributed by atoms with E-state index in [1.165, 1.54) is 0 Å². The van der Waals surface area contributed by atoms with Crippen molar-refractivity contribution >= 4 is 15.2 Å². The third-order valence-electron chi connectivity index (χ3n) is 3.74. The fourth-order valence-corrected chi connectivity index (χ4v) is 5.37. The molecule has 2 aliphatic rings. The SMILES string of the molecule is O=P(O)(O)C(NC1CC2CCC1C2)P(=O)(O)O. The number of fused-ring (bicyclic) bond motifs is 2. The predicted octanol–water partition coefficient (Wildman–Crippen LogP) is 0.404. The summed E-state index contributed by atoms with van der Waals surface area (Å²) in [6.07, 6.45) is 3.82. The normalized spacial score (nSPS) is 33.6. The van der Waals surface area contributed by atoms with Crippen molar-refractivity contribution in [1.82, 2.24) is 5.32 Å².